The minimum Gasteiger partial charge on any atom is -0.387 e. The molecule has 0 bridgehead atoms. The summed E-state index contributed by atoms with van der Waals surface area (Å²) in [5.41, 5.74) is -0.0419. The Morgan fingerprint density at radius 3 is 2.55 bits per heavy atom. The van der Waals surface area contributed by atoms with Gasteiger partial charge in [-0.1, -0.05) is 12.8 Å². The van der Waals surface area contributed by atoms with Crippen molar-refractivity contribution in [2.45, 2.75) is 38.1 Å². The lowest BCUT2D eigenvalue weighted by atomic mass is 10.0. The summed E-state index contributed by atoms with van der Waals surface area (Å²) < 4.78 is 0. The van der Waals surface area contributed by atoms with Crippen LogP contribution in [-0.2, 0) is 4.79 Å². The summed E-state index contributed by atoms with van der Waals surface area (Å²) >= 11 is 0. The van der Waals surface area contributed by atoms with Crippen LogP contribution in [0.5, 0.6) is 0 Å². The third kappa shape index (κ3) is 2.19. The largest absolute Gasteiger partial charge is 0.387 e. The number of aliphatic hydroxyl groups excluding tert-OH is 1. The van der Waals surface area contributed by atoms with Crippen LogP contribution in [0.3, 0.4) is 0 Å². The first-order chi connectivity index (χ1) is 5.16. The summed E-state index contributed by atoms with van der Waals surface area (Å²) in [5.74, 6) is -0.255. The Labute approximate surface area is 66.8 Å². The third-order valence-electron chi connectivity index (χ3n) is 2.29. The predicted octanol–water partition coefficient (Wildman–Crippen LogP) is 0.428. The van der Waals surface area contributed by atoms with E-state index in [4.69, 9.17) is 5.11 Å². The molecule has 0 spiro atoms. The third-order valence-corrected chi connectivity index (χ3v) is 2.29. The Morgan fingerprint density at radius 1 is 1.55 bits per heavy atom. The molecule has 1 amide bonds. The molecule has 0 aromatic carbocycles. The molecule has 0 aliphatic heterocycles. The van der Waals surface area contributed by atoms with Crippen molar-refractivity contribution in [1.29, 1.82) is 0 Å². The molecule has 0 saturated heterocycles. The zero-order chi connectivity index (χ0) is 8.32. The summed E-state index contributed by atoms with van der Waals surface area (Å²) in [6.07, 6.45) is 4.45. The molecule has 1 saturated carbocycles. The van der Waals surface area contributed by atoms with Crippen LogP contribution in [0.15, 0.2) is 0 Å². The van der Waals surface area contributed by atoms with Gasteiger partial charge in [-0.15, -0.1) is 0 Å². The van der Waals surface area contributed by atoms with Crippen LogP contribution < -0.4 is 5.32 Å². The minimum absolute atomic E-state index is 0.0419. The first-order valence-electron chi connectivity index (χ1n) is 4.08. The molecule has 3 nitrogen and oxygen atoms in total. The number of rotatable bonds is 2. The SMILES string of the molecule is CC1(NC(=O)CO)CCCC1. The van der Waals surface area contributed by atoms with E-state index in [1.54, 1.807) is 0 Å². The van der Waals surface area contributed by atoms with Gasteiger partial charge in [-0.25, -0.2) is 0 Å². The first kappa shape index (κ1) is 8.53. The molecule has 0 aromatic heterocycles. The molecule has 2 N–H and O–H groups in total. The van der Waals surface area contributed by atoms with Crippen LogP contribution in [-0.4, -0.2) is 23.2 Å². The van der Waals surface area contributed by atoms with Crippen molar-refractivity contribution < 1.29 is 9.90 Å². The highest BCUT2D eigenvalue weighted by molar-refractivity contribution is 5.77. The predicted molar refractivity (Wildman–Crippen MR) is 42.1 cm³/mol. The van der Waals surface area contributed by atoms with Crippen molar-refractivity contribution in [3.63, 3.8) is 0 Å². The van der Waals surface area contributed by atoms with E-state index in [0.29, 0.717) is 0 Å². The summed E-state index contributed by atoms with van der Waals surface area (Å²) in [4.78, 5) is 10.8. The second-order valence-electron chi connectivity index (χ2n) is 3.47. The quantitative estimate of drug-likeness (QED) is 0.610. The number of hydrogen-bond donors (Lipinski definition) is 2. The molecule has 1 aliphatic rings. The van der Waals surface area contributed by atoms with E-state index in [-0.39, 0.29) is 11.4 Å². The Morgan fingerprint density at radius 2 is 2.09 bits per heavy atom. The molecule has 0 radical (unpaired) electrons. The van der Waals surface area contributed by atoms with E-state index in [1.165, 1.54) is 12.8 Å². The highest BCUT2D eigenvalue weighted by atomic mass is 16.3. The van der Waals surface area contributed by atoms with Crippen molar-refractivity contribution in [2.24, 2.45) is 0 Å². The van der Waals surface area contributed by atoms with Gasteiger partial charge in [0.15, 0.2) is 0 Å². The van der Waals surface area contributed by atoms with Gasteiger partial charge in [0.2, 0.25) is 5.91 Å². The molecule has 0 heterocycles. The smallest absolute Gasteiger partial charge is 0.246 e. The number of carbonyl (C=O) groups excluding carboxylic acids is 1. The van der Waals surface area contributed by atoms with E-state index in [1.807, 2.05) is 6.92 Å². The van der Waals surface area contributed by atoms with Crippen LogP contribution in [0.25, 0.3) is 0 Å². The van der Waals surface area contributed by atoms with Gasteiger partial charge in [-0.3, -0.25) is 4.79 Å². The van der Waals surface area contributed by atoms with Crippen molar-refractivity contribution in [1.82, 2.24) is 5.32 Å². The number of hydrogen-bond acceptors (Lipinski definition) is 2. The molecule has 0 atom stereocenters. The van der Waals surface area contributed by atoms with Crippen LogP contribution in [0.2, 0.25) is 0 Å². The highest BCUT2D eigenvalue weighted by Gasteiger charge is 2.29. The molecule has 0 unspecified atom stereocenters. The molecule has 1 rings (SSSR count). The zero-order valence-electron chi connectivity index (χ0n) is 6.89. The van der Waals surface area contributed by atoms with Crippen molar-refractivity contribution in [2.75, 3.05) is 6.61 Å². The monoisotopic (exact) mass is 157 g/mol. The maximum atomic E-state index is 10.8. The van der Waals surface area contributed by atoms with Gasteiger partial charge in [0.25, 0.3) is 0 Å². The van der Waals surface area contributed by atoms with Crippen molar-refractivity contribution in [3.05, 3.63) is 0 Å². The van der Waals surface area contributed by atoms with Gasteiger partial charge in [0.05, 0.1) is 0 Å². The topological polar surface area (TPSA) is 49.3 Å². The number of aliphatic hydroxyl groups is 1. The maximum absolute atomic E-state index is 10.8. The lowest BCUT2D eigenvalue weighted by Crippen LogP contribution is -2.44. The molecule has 1 fully saturated rings. The van der Waals surface area contributed by atoms with E-state index < -0.39 is 6.61 Å². The Hall–Kier alpha value is -0.570. The fourth-order valence-electron chi connectivity index (χ4n) is 1.66. The lowest BCUT2D eigenvalue weighted by molar-refractivity contribution is -0.125. The number of carbonyl (C=O) groups is 1. The summed E-state index contributed by atoms with van der Waals surface area (Å²) in [6.45, 7) is 1.64. The summed E-state index contributed by atoms with van der Waals surface area (Å²) in [7, 11) is 0. The Bertz CT molecular complexity index is 150. The van der Waals surface area contributed by atoms with Gasteiger partial charge >= 0.3 is 0 Å². The molecule has 11 heavy (non-hydrogen) atoms. The van der Waals surface area contributed by atoms with Crippen LogP contribution in [0.4, 0.5) is 0 Å². The van der Waals surface area contributed by atoms with Gasteiger partial charge < -0.3 is 10.4 Å². The first-order valence-corrected chi connectivity index (χ1v) is 4.08. The molecule has 3 heteroatoms. The average molecular weight is 157 g/mol. The van der Waals surface area contributed by atoms with Gasteiger partial charge in [-0.05, 0) is 19.8 Å². The fraction of sp³-hybridized carbons (Fsp3) is 0.875. The van der Waals surface area contributed by atoms with E-state index in [0.717, 1.165) is 12.8 Å². The van der Waals surface area contributed by atoms with Crippen LogP contribution >= 0.6 is 0 Å². The van der Waals surface area contributed by atoms with E-state index in [2.05, 4.69) is 5.32 Å². The summed E-state index contributed by atoms with van der Waals surface area (Å²) in [5, 5.41) is 11.3. The van der Waals surface area contributed by atoms with Gasteiger partial charge in [0.1, 0.15) is 6.61 Å². The van der Waals surface area contributed by atoms with Crippen molar-refractivity contribution >= 4 is 5.91 Å². The normalized spacial score (nSPS) is 21.6. The van der Waals surface area contributed by atoms with E-state index in [9.17, 15) is 4.79 Å². The highest BCUT2D eigenvalue weighted by Crippen LogP contribution is 2.28. The van der Waals surface area contributed by atoms with Gasteiger partial charge in [0, 0.05) is 5.54 Å². The fourth-order valence-corrected chi connectivity index (χ4v) is 1.66. The minimum atomic E-state index is -0.393. The molecule has 64 valence electrons. The van der Waals surface area contributed by atoms with Crippen molar-refractivity contribution in [3.8, 4) is 0 Å². The second kappa shape index (κ2) is 3.22. The average Bonchev–Trinajstić information content (AvgIpc) is 2.36. The number of amides is 1. The Kier molecular flexibility index (Phi) is 2.49. The molecule has 0 aromatic rings. The zero-order valence-corrected chi connectivity index (χ0v) is 6.89. The van der Waals surface area contributed by atoms with Crippen LogP contribution in [0, 0.1) is 0 Å². The molecular weight excluding hydrogens is 142 g/mol. The molecular formula is C8H15NO2. The van der Waals surface area contributed by atoms with Gasteiger partial charge in [-0.2, -0.15) is 0 Å². The number of nitrogens with one attached hydrogen (secondary N) is 1. The van der Waals surface area contributed by atoms with Crippen LogP contribution in [0.1, 0.15) is 32.6 Å². The second-order valence-corrected chi connectivity index (χ2v) is 3.47. The lowest BCUT2D eigenvalue weighted by Gasteiger charge is -2.24. The van der Waals surface area contributed by atoms with E-state index >= 15 is 0 Å². The standard InChI is InChI=1S/C8H15NO2/c1-8(4-2-3-5-8)9-7(11)6-10/h10H,2-6H2,1H3,(H,9,11). The maximum Gasteiger partial charge on any atom is 0.246 e. The summed E-state index contributed by atoms with van der Waals surface area (Å²) in [6, 6.07) is 0. The Balaban J connectivity index is 2.39. The molecule has 1 aliphatic carbocycles.